The molecule has 4 rings (SSSR count). The number of rotatable bonds is 4. The number of hydrogen-bond donors (Lipinski definition) is 1. The maximum Gasteiger partial charge on any atom is 0.410 e. The number of likely N-dealkylation sites (tertiary alicyclic amines) is 1. The first-order valence-electron chi connectivity index (χ1n) is 12.7. The lowest BCUT2D eigenvalue weighted by molar-refractivity contribution is 0.0196. The van der Waals surface area contributed by atoms with E-state index in [1.54, 1.807) is 54.1 Å². The van der Waals surface area contributed by atoms with Gasteiger partial charge in [-0.15, -0.1) is 0 Å². The molecule has 1 saturated heterocycles. The number of anilines is 1. The summed E-state index contributed by atoms with van der Waals surface area (Å²) >= 11 is 0. The van der Waals surface area contributed by atoms with Gasteiger partial charge in [0.1, 0.15) is 17.1 Å². The largest absolute Gasteiger partial charge is 0.444 e. The molecule has 0 bridgehead atoms. The molecule has 1 aromatic heterocycles. The number of aryl methyl sites for hydroxylation is 1. The predicted molar refractivity (Wildman–Crippen MR) is 144 cm³/mol. The average Bonchev–Trinajstić information content (AvgIpc) is 3.18. The Bertz CT molecular complexity index is 1260. The van der Waals surface area contributed by atoms with Crippen LogP contribution in [0.2, 0.25) is 0 Å². The third kappa shape index (κ3) is 5.64. The Morgan fingerprint density at radius 1 is 1.21 bits per heavy atom. The Hall–Kier alpha value is -3.95. The fourth-order valence-corrected chi connectivity index (χ4v) is 4.62. The molecule has 3 heterocycles. The second-order valence-electron chi connectivity index (χ2n) is 11.1. The van der Waals surface area contributed by atoms with Crippen molar-refractivity contribution in [2.75, 3.05) is 18.0 Å². The van der Waals surface area contributed by atoms with Gasteiger partial charge in [-0.05, 0) is 78.1 Å². The van der Waals surface area contributed by atoms with Crippen molar-refractivity contribution < 1.29 is 24.4 Å². The highest BCUT2D eigenvalue weighted by molar-refractivity contribution is 6.51. The molecule has 2 amide bonds. The first-order chi connectivity index (χ1) is 17.9. The molecule has 1 aromatic carbocycles. The zero-order chi connectivity index (χ0) is 27.7. The van der Waals surface area contributed by atoms with E-state index < -0.39 is 11.2 Å². The zero-order valence-electron chi connectivity index (χ0n) is 22.8. The van der Waals surface area contributed by atoms with Crippen LogP contribution < -0.4 is 4.90 Å². The van der Waals surface area contributed by atoms with Crippen molar-refractivity contribution in [3.05, 3.63) is 59.3 Å². The number of pyridine rings is 1. The number of ether oxygens (including phenoxy) is 1. The van der Waals surface area contributed by atoms with Crippen LogP contribution in [0.1, 0.15) is 68.9 Å². The molecule has 2 aliphatic heterocycles. The smallest absolute Gasteiger partial charge is 0.410 e. The van der Waals surface area contributed by atoms with Crippen LogP contribution in [-0.2, 0) is 9.57 Å². The number of piperidine rings is 1. The Morgan fingerprint density at radius 2 is 1.92 bits per heavy atom. The van der Waals surface area contributed by atoms with Crippen molar-refractivity contribution in [3.8, 4) is 0 Å². The predicted octanol–water partition coefficient (Wildman–Crippen LogP) is 4.78. The summed E-state index contributed by atoms with van der Waals surface area (Å²) in [5, 5.41) is 16.9. The van der Waals surface area contributed by atoms with Gasteiger partial charge in [0.05, 0.1) is 6.04 Å². The van der Waals surface area contributed by atoms with Gasteiger partial charge >= 0.3 is 6.09 Å². The van der Waals surface area contributed by atoms with Crippen LogP contribution in [0, 0.1) is 6.92 Å². The second kappa shape index (κ2) is 10.4. The lowest BCUT2D eigenvalue weighted by Gasteiger charge is -2.39. The Balaban J connectivity index is 1.63. The maximum atomic E-state index is 14.0. The van der Waals surface area contributed by atoms with Crippen LogP contribution in [0.15, 0.2) is 52.9 Å². The van der Waals surface area contributed by atoms with Crippen LogP contribution >= 0.6 is 0 Å². The monoisotopic (exact) mass is 521 g/mol. The summed E-state index contributed by atoms with van der Waals surface area (Å²) in [7, 11) is 0. The summed E-state index contributed by atoms with van der Waals surface area (Å²) in [6.45, 7) is 11.8. The zero-order valence-corrected chi connectivity index (χ0v) is 22.8. The summed E-state index contributed by atoms with van der Waals surface area (Å²) in [5.41, 5.74) is 1.23. The van der Waals surface area contributed by atoms with E-state index in [-0.39, 0.29) is 18.0 Å². The van der Waals surface area contributed by atoms with E-state index in [1.807, 2.05) is 39.8 Å². The van der Waals surface area contributed by atoms with Crippen molar-refractivity contribution >= 4 is 29.2 Å². The number of oxime groups is 2. The molecule has 10 nitrogen and oxygen atoms in total. The van der Waals surface area contributed by atoms with Gasteiger partial charge in [-0.25, -0.2) is 9.78 Å². The van der Waals surface area contributed by atoms with Gasteiger partial charge in [0.2, 0.25) is 0 Å². The first-order valence-corrected chi connectivity index (χ1v) is 12.7. The van der Waals surface area contributed by atoms with Crippen LogP contribution in [0.5, 0.6) is 0 Å². The minimum Gasteiger partial charge on any atom is -0.444 e. The van der Waals surface area contributed by atoms with E-state index in [2.05, 4.69) is 15.3 Å². The number of benzene rings is 1. The van der Waals surface area contributed by atoms with Crippen molar-refractivity contribution in [2.24, 2.45) is 10.3 Å². The van der Waals surface area contributed by atoms with Gasteiger partial charge < -0.3 is 19.7 Å². The van der Waals surface area contributed by atoms with E-state index >= 15 is 0 Å². The quantitative estimate of drug-likeness (QED) is 0.457. The summed E-state index contributed by atoms with van der Waals surface area (Å²) in [5.74, 6) is 0.331. The maximum absolute atomic E-state index is 14.0. The number of nitrogens with zero attached hydrogens (tertiary/aromatic N) is 5. The molecule has 2 aromatic rings. The lowest BCUT2D eigenvalue weighted by Crippen LogP contribution is -2.53. The van der Waals surface area contributed by atoms with Crippen LogP contribution in [0.4, 0.5) is 10.6 Å². The first kappa shape index (κ1) is 27.1. The molecule has 0 spiro atoms. The van der Waals surface area contributed by atoms with E-state index in [1.165, 1.54) is 0 Å². The molecule has 10 heteroatoms. The summed E-state index contributed by atoms with van der Waals surface area (Å²) < 4.78 is 5.59. The SMILES string of the molecule is Cc1cccnc1N(C(=O)c1ccc(C2=NOC(C)(C)/C2=N\O)cc1)[C@@H]1CCCN(C(=O)OC(C)(C)C)C1. The minimum atomic E-state index is -0.854. The number of aromatic nitrogens is 1. The summed E-state index contributed by atoms with van der Waals surface area (Å²) in [6.07, 6.45) is 2.73. The van der Waals surface area contributed by atoms with E-state index in [0.717, 1.165) is 18.4 Å². The fraction of sp³-hybridized carbons (Fsp3) is 0.464. The Labute approximate surface area is 222 Å². The van der Waals surface area contributed by atoms with Crippen molar-refractivity contribution in [2.45, 2.75) is 71.6 Å². The number of carbonyl (C=O) groups excluding carboxylic acids is 2. The summed E-state index contributed by atoms with van der Waals surface area (Å²) in [6, 6.07) is 10.4. The molecule has 1 atom stereocenters. The lowest BCUT2D eigenvalue weighted by atomic mass is 9.94. The topological polar surface area (TPSA) is 117 Å². The van der Waals surface area contributed by atoms with Gasteiger partial charge in [0.25, 0.3) is 5.91 Å². The van der Waals surface area contributed by atoms with Crippen LogP contribution in [0.3, 0.4) is 0 Å². The highest BCUT2D eigenvalue weighted by Crippen LogP contribution is 2.28. The van der Waals surface area contributed by atoms with Crippen molar-refractivity contribution in [1.29, 1.82) is 0 Å². The molecular weight excluding hydrogens is 486 g/mol. The number of amides is 2. The molecule has 202 valence electrons. The van der Waals surface area contributed by atoms with Gasteiger partial charge in [0.15, 0.2) is 11.3 Å². The molecule has 1 N–H and O–H groups in total. The van der Waals surface area contributed by atoms with Crippen LogP contribution in [0.25, 0.3) is 0 Å². The molecule has 0 saturated carbocycles. The molecule has 0 unspecified atom stereocenters. The standard InChI is InChI=1S/C28H35N5O5/c1-18-9-7-15-29-24(18)33(21-10-8-16-32(17-21)26(35)37-27(2,3)4)25(34)20-13-11-19(12-14-20)22-23(30-36)28(5,6)38-31-22/h7,9,11-15,21,36H,8,10,16-17H2,1-6H3/b30-23-/t21-/m1/s1. The highest BCUT2D eigenvalue weighted by atomic mass is 16.7. The third-order valence-electron chi connectivity index (χ3n) is 6.51. The number of hydrogen-bond acceptors (Lipinski definition) is 8. The van der Waals surface area contributed by atoms with Crippen molar-refractivity contribution in [1.82, 2.24) is 9.88 Å². The third-order valence-corrected chi connectivity index (χ3v) is 6.51. The van der Waals surface area contributed by atoms with E-state index in [4.69, 9.17) is 9.57 Å². The Morgan fingerprint density at radius 3 is 2.55 bits per heavy atom. The van der Waals surface area contributed by atoms with E-state index in [0.29, 0.717) is 41.5 Å². The molecule has 2 aliphatic rings. The van der Waals surface area contributed by atoms with Gasteiger partial charge in [-0.3, -0.25) is 9.69 Å². The molecule has 0 radical (unpaired) electrons. The molecular formula is C28H35N5O5. The molecule has 1 fully saturated rings. The Kier molecular flexibility index (Phi) is 7.44. The fourth-order valence-electron chi connectivity index (χ4n) is 4.62. The second-order valence-corrected chi connectivity index (χ2v) is 11.1. The summed E-state index contributed by atoms with van der Waals surface area (Å²) in [4.78, 5) is 40.1. The highest BCUT2D eigenvalue weighted by Gasteiger charge is 2.39. The number of carbonyl (C=O) groups is 2. The van der Waals surface area contributed by atoms with Gasteiger partial charge in [0, 0.05) is 30.4 Å². The van der Waals surface area contributed by atoms with Gasteiger partial charge in [-0.1, -0.05) is 28.5 Å². The van der Waals surface area contributed by atoms with Gasteiger partial charge in [-0.2, -0.15) is 0 Å². The normalized spacial score (nSPS) is 20.1. The molecule has 38 heavy (non-hydrogen) atoms. The van der Waals surface area contributed by atoms with E-state index in [9.17, 15) is 14.8 Å². The van der Waals surface area contributed by atoms with Crippen LogP contribution in [-0.4, -0.2) is 68.8 Å². The minimum absolute atomic E-state index is 0.227. The van der Waals surface area contributed by atoms with Crippen molar-refractivity contribution in [3.63, 3.8) is 0 Å². The molecule has 0 aliphatic carbocycles. The average molecular weight is 522 g/mol.